The molecule has 7 nitrogen and oxygen atoms in total. The zero-order valence-electron chi connectivity index (χ0n) is 9.34. The SMILES string of the molecule is O=c1[nH]c(=O)n(CCCn2ccnc2)c(O)c1F. The second-order valence-electron chi connectivity index (χ2n) is 3.70. The summed E-state index contributed by atoms with van der Waals surface area (Å²) < 4.78 is 15.7. The molecule has 0 amide bonds. The fourth-order valence-corrected chi connectivity index (χ4v) is 1.57. The fourth-order valence-electron chi connectivity index (χ4n) is 1.57. The van der Waals surface area contributed by atoms with Crippen LogP contribution in [-0.4, -0.2) is 24.2 Å². The molecule has 0 unspecified atom stereocenters. The Balaban J connectivity index is 2.12. The molecule has 18 heavy (non-hydrogen) atoms. The number of rotatable bonds is 4. The molecule has 2 aromatic heterocycles. The number of H-pyrrole nitrogens is 1. The lowest BCUT2D eigenvalue weighted by atomic mass is 10.4. The number of hydrogen-bond donors (Lipinski definition) is 2. The summed E-state index contributed by atoms with van der Waals surface area (Å²) >= 11 is 0. The zero-order valence-corrected chi connectivity index (χ0v) is 9.34. The van der Waals surface area contributed by atoms with Gasteiger partial charge in [-0.2, -0.15) is 4.39 Å². The molecule has 0 saturated heterocycles. The summed E-state index contributed by atoms with van der Waals surface area (Å²) in [5, 5.41) is 9.37. The van der Waals surface area contributed by atoms with Crippen LogP contribution in [0.3, 0.4) is 0 Å². The first-order valence-electron chi connectivity index (χ1n) is 5.27. The largest absolute Gasteiger partial charge is 0.492 e. The Morgan fingerprint density at radius 1 is 1.39 bits per heavy atom. The number of aromatic amines is 1. The molecule has 2 heterocycles. The van der Waals surface area contributed by atoms with Crippen LogP contribution in [0.25, 0.3) is 0 Å². The second-order valence-corrected chi connectivity index (χ2v) is 3.70. The summed E-state index contributed by atoms with van der Waals surface area (Å²) in [5.41, 5.74) is -2.05. The van der Waals surface area contributed by atoms with Crippen molar-refractivity contribution < 1.29 is 9.50 Å². The number of aromatic nitrogens is 4. The standard InChI is InChI=1S/C10H11FN4O3/c11-7-8(16)13-10(18)15(9(7)17)4-1-3-14-5-2-12-6-14/h2,5-6,17H,1,3-4H2,(H,13,16,18). The van der Waals surface area contributed by atoms with Gasteiger partial charge in [-0.25, -0.2) is 9.78 Å². The maximum absolute atomic E-state index is 13.1. The Hall–Kier alpha value is -2.38. The molecule has 0 aliphatic carbocycles. The van der Waals surface area contributed by atoms with Crippen LogP contribution in [0.4, 0.5) is 4.39 Å². The average Bonchev–Trinajstić information content (AvgIpc) is 2.84. The van der Waals surface area contributed by atoms with E-state index in [-0.39, 0.29) is 6.54 Å². The molecule has 0 aliphatic rings. The van der Waals surface area contributed by atoms with E-state index in [4.69, 9.17) is 0 Å². The van der Waals surface area contributed by atoms with Crippen LogP contribution < -0.4 is 11.2 Å². The summed E-state index contributed by atoms with van der Waals surface area (Å²) in [7, 11) is 0. The lowest BCUT2D eigenvalue weighted by Crippen LogP contribution is -2.32. The number of nitrogens with zero attached hydrogens (tertiary/aromatic N) is 3. The third-order valence-electron chi connectivity index (χ3n) is 2.47. The Labute approximate surface area is 100 Å². The molecule has 2 aromatic rings. The van der Waals surface area contributed by atoms with Gasteiger partial charge < -0.3 is 9.67 Å². The van der Waals surface area contributed by atoms with Crippen LogP contribution in [0.15, 0.2) is 28.3 Å². The minimum Gasteiger partial charge on any atom is -0.492 e. The van der Waals surface area contributed by atoms with Crippen molar-refractivity contribution in [3.63, 3.8) is 0 Å². The Bertz CT molecular complexity index is 644. The number of imidazole rings is 1. The smallest absolute Gasteiger partial charge is 0.331 e. The second kappa shape index (κ2) is 4.86. The van der Waals surface area contributed by atoms with Crippen molar-refractivity contribution in [1.29, 1.82) is 0 Å². The van der Waals surface area contributed by atoms with E-state index in [0.29, 0.717) is 13.0 Å². The fraction of sp³-hybridized carbons (Fsp3) is 0.300. The van der Waals surface area contributed by atoms with E-state index in [0.717, 1.165) is 4.57 Å². The van der Waals surface area contributed by atoms with Crippen molar-refractivity contribution in [2.24, 2.45) is 0 Å². The highest BCUT2D eigenvalue weighted by Gasteiger charge is 2.12. The van der Waals surface area contributed by atoms with Gasteiger partial charge in [0.05, 0.1) is 6.33 Å². The number of hydrogen-bond acceptors (Lipinski definition) is 4. The maximum atomic E-state index is 13.1. The first kappa shape index (κ1) is 12.1. The highest BCUT2D eigenvalue weighted by molar-refractivity contribution is 5.09. The molecule has 2 N–H and O–H groups in total. The van der Waals surface area contributed by atoms with E-state index < -0.39 is 22.9 Å². The Kier molecular flexibility index (Phi) is 3.26. The van der Waals surface area contributed by atoms with Crippen LogP contribution in [0.5, 0.6) is 5.88 Å². The van der Waals surface area contributed by atoms with Gasteiger partial charge in [-0.05, 0) is 6.42 Å². The molecular weight excluding hydrogens is 243 g/mol. The van der Waals surface area contributed by atoms with Crippen LogP contribution in [0.1, 0.15) is 6.42 Å². The van der Waals surface area contributed by atoms with Crippen molar-refractivity contribution in [1.82, 2.24) is 19.1 Å². The number of aryl methyl sites for hydroxylation is 1. The average molecular weight is 254 g/mol. The van der Waals surface area contributed by atoms with E-state index in [1.807, 2.05) is 0 Å². The summed E-state index contributed by atoms with van der Waals surface area (Å²) in [5.74, 6) is -2.29. The van der Waals surface area contributed by atoms with Crippen LogP contribution in [0, 0.1) is 5.82 Å². The van der Waals surface area contributed by atoms with E-state index >= 15 is 0 Å². The molecule has 96 valence electrons. The number of nitrogens with one attached hydrogen (secondary N) is 1. The molecule has 0 radical (unpaired) electrons. The molecule has 0 spiro atoms. The molecule has 2 rings (SSSR count). The van der Waals surface area contributed by atoms with Crippen molar-refractivity contribution >= 4 is 0 Å². The van der Waals surface area contributed by atoms with Gasteiger partial charge in [0.1, 0.15) is 0 Å². The molecule has 0 aromatic carbocycles. The van der Waals surface area contributed by atoms with E-state index in [1.165, 1.54) is 0 Å². The number of aromatic hydroxyl groups is 1. The predicted octanol–water partition coefficient (Wildman–Crippen LogP) is -0.332. The first-order valence-corrected chi connectivity index (χ1v) is 5.27. The summed E-state index contributed by atoms with van der Waals surface area (Å²) in [4.78, 5) is 27.9. The molecule has 0 aliphatic heterocycles. The minimum atomic E-state index is -1.35. The minimum absolute atomic E-state index is 0.0938. The molecule has 0 bridgehead atoms. The normalized spacial score (nSPS) is 10.7. The molecule has 0 atom stereocenters. The molecular formula is C10H11FN4O3. The van der Waals surface area contributed by atoms with Crippen molar-refractivity contribution in [2.45, 2.75) is 19.5 Å². The summed E-state index contributed by atoms with van der Waals surface area (Å²) in [6.45, 7) is 0.656. The summed E-state index contributed by atoms with van der Waals surface area (Å²) in [6, 6.07) is 0. The van der Waals surface area contributed by atoms with Gasteiger partial charge in [-0.15, -0.1) is 0 Å². The molecule has 8 heteroatoms. The molecule has 0 saturated carbocycles. The van der Waals surface area contributed by atoms with Crippen LogP contribution in [0.2, 0.25) is 0 Å². The van der Waals surface area contributed by atoms with Crippen molar-refractivity contribution in [3.05, 3.63) is 45.4 Å². The lowest BCUT2D eigenvalue weighted by Gasteiger charge is -2.08. The van der Waals surface area contributed by atoms with Gasteiger partial charge >= 0.3 is 5.69 Å². The first-order chi connectivity index (χ1) is 8.59. The van der Waals surface area contributed by atoms with Crippen molar-refractivity contribution in [3.8, 4) is 5.88 Å². The quantitative estimate of drug-likeness (QED) is 0.781. The highest BCUT2D eigenvalue weighted by atomic mass is 19.1. The van der Waals surface area contributed by atoms with Gasteiger partial charge in [0.25, 0.3) is 5.56 Å². The monoisotopic (exact) mass is 254 g/mol. The van der Waals surface area contributed by atoms with Gasteiger partial charge in [0.2, 0.25) is 11.7 Å². The third kappa shape index (κ3) is 2.31. The maximum Gasteiger partial charge on any atom is 0.331 e. The molecule has 0 fully saturated rings. The Morgan fingerprint density at radius 3 is 2.83 bits per heavy atom. The summed E-state index contributed by atoms with van der Waals surface area (Å²) in [6.07, 6.45) is 5.45. The van der Waals surface area contributed by atoms with Crippen LogP contribution >= 0.6 is 0 Å². The van der Waals surface area contributed by atoms with Gasteiger partial charge in [-0.3, -0.25) is 14.3 Å². The highest BCUT2D eigenvalue weighted by Crippen LogP contribution is 2.08. The Morgan fingerprint density at radius 2 is 2.17 bits per heavy atom. The third-order valence-corrected chi connectivity index (χ3v) is 2.47. The topological polar surface area (TPSA) is 92.9 Å². The van der Waals surface area contributed by atoms with E-state index in [2.05, 4.69) is 4.98 Å². The van der Waals surface area contributed by atoms with E-state index in [9.17, 15) is 19.1 Å². The van der Waals surface area contributed by atoms with Crippen molar-refractivity contribution in [2.75, 3.05) is 0 Å². The zero-order chi connectivity index (χ0) is 13.1. The number of halogens is 1. The van der Waals surface area contributed by atoms with Gasteiger partial charge in [0, 0.05) is 25.5 Å². The lowest BCUT2D eigenvalue weighted by molar-refractivity contribution is 0.354. The van der Waals surface area contributed by atoms with Gasteiger partial charge in [0.15, 0.2) is 0 Å². The van der Waals surface area contributed by atoms with E-state index in [1.54, 1.807) is 28.3 Å². The van der Waals surface area contributed by atoms with Gasteiger partial charge in [-0.1, -0.05) is 0 Å². The van der Waals surface area contributed by atoms with Crippen LogP contribution in [-0.2, 0) is 13.1 Å². The predicted molar refractivity (Wildman–Crippen MR) is 59.8 cm³/mol.